The van der Waals surface area contributed by atoms with E-state index < -0.39 is 5.72 Å². The minimum absolute atomic E-state index is 0.123. The Balaban J connectivity index is 1.92. The zero-order chi connectivity index (χ0) is 15.7. The standard InChI is InChI=1S/C18H22FNO2/c1-18(2)20-15(11-16(21)12-6-4-3-5-7-12)14-9-8-13(19)10-17(14)22-18/h8-12,20H,3-7H2,1-2H3/b15-11-. The molecule has 1 saturated carbocycles. The quantitative estimate of drug-likeness (QED) is 0.838. The summed E-state index contributed by atoms with van der Waals surface area (Å²) in [6.45, 7) is 3.72. The van der Waals surface area contributed by atoms with Crippen LogP contribution in [-0.4, -0.2) is 11.5 Å². The smallest absolute Gasteiger partial charge is 0.175 e. The molecule has 1 aliphatic heterocycles. The molecular formula is C18H22FNO2. The third-order valence-electron chi connectivity index (χ3n) is 4.33. The number of nitrogens with one attached hydrogen (secondary N) is 1. The Hall–Kier alpha value is -1.84. The van der Waals surface area contributed by atoms with Gasteiger partial charge in [-0.2, -0.15) is 0 Å². The van der Waals surface area contributed by atoms with Gasteiger partial charge in [-0.25, -0.2) is 4.39 Å². The molecule has 0 spiro atoms. The third kappa shape index (κ3) is 3.16. The second-order valence-electron chi connectivity index (χ2n) is 6.67. The predicted octanol–water partition coefficient (Wildman–Crippen LogP) is 4.03. The summed E-state index contributed by atoms with van der Waals surface area (Å²) in [5.74, 6) is 0.425. The van der Waals surface area contributed by atoms with E-state index in [1.807, 2.05) is 13.8 Å². The Kier molecular flexibility index (Phi) is 3.94. The summed E-state index contributed by atoms with van der Waals surface area (Å²) >= 11 is 0. The molecule has 1 aromatic rings. The summed E-state index contributed by atoms with van der Waals surface area (Å²) in [6, 6.07) is 4.42. The SMILES string of the molecule is CC1(C)N/C(=C\C(=O)C2CCCCC2)c2ccc(F)cc2O1. The Bertz CT molecular complexity index is 616. The van der Waals surface area contributed by atoms with Crippen LogP contribution < -0.4 is 10.1 Å². The van der Waals surface area contributed by atoms with Gasteiger partial charge in [-0.05, 0) is 38.8 Å². The number of carbonyl (C=O) groups is 1. The largest absolute Gasteiger partial charge is 0.468 e. The van der Waals surface area contributed by atoms with Gasteiger partial charge in [0, 0.05) is 23.6 Å². The average molecular weight is 303 g/mol. The van der Waals surface area contributed by atoms with Crippen molar-refractivity contribution >= 4 is 11.5 Å². The van der Waals surface area contributed by atoms with E-state index in [0.29, 0.717) is 5.75 Å². The number of allylic oxidation sites excluding steroid dienone is 1. The van der Waals surface area contributed by atoms with Gasteiger partial charge in [0.2, 0.25) is 0 Å². The molecule has 1 N–H and O–H groups in total. The highest BCUT2D eigenvalue weighted by Gasteiger charge is 2.30. The Morgan fingerprint density at radius 3 is 2.77 bits per heavy atom. The van der Waals surface area contributed by atoms with Crippen molar-refractivity contribution < 1.29 is 13.9 Å². The molecule has 118 valence electrons. The van der Waals surface area contributed by atoms with E-state index in [1.54, 1.807) is 12.1 Å². The summed E-state index contributed by atoms with van der Waals surface area (Å²) in [5, 5.41) is 3.23. The molecule has 1 aromatic carbocycles. The molecule has 1 heterocycles. The first kappa shape index (κ1) is 15.1. The van der Waals surface area contributed by atoms with Crippen molar-refractivity contribution in [2.75, 3.05) is 0 Å². The normalized spacial score (nSPS) is 22.6. The number of hydrogen-bond donors (Lipinski definition) is 1. The highest BCUT2D eigenvalue weighted by atomic mass is 19.1. The summed E-state index contributed by atoms with van der Waals surface area (Å²) in [4.78, 5) is 12.5. The van der Waals surface area contributed by atoms with Crippen molar-refractivity contribution in [3.63, 3.8) is 0 Å². The molecule has 1 fully saturated rings. The Morgan fingerprint density at radius 1 is 1.32 bits per heavy atom. The van der Waals surface area contributed by atoms with Gasteiger partial charge in [0.1, 0.15) is 11.6 Å². The fraction of sp³-hybridized carbons (Fsp3) is 0.500. The van der Waals surface area contributed by atoms with E-state index in [2.05, 4.69) is 5.32 Å². The number of fused-ring (bicyclic) bond motifs is 1. The molecule has 22 heavy (non-hydrogen) atoms. The minimum atomic E-state index is -0.667. The molecule has 0 radical (unpaired) electrons. The highest BCUT2D eigenvalue weighted by Crippen LogP contribution is 2.34. The van der Waals surface area contributed by atoms with Gasteiger partial charge in [-0.1, -0.05) is 19.3 Å². The van der Waals surface area contributed by atoms with Crippen molar-refractivity contribution in [2.24, 2.45) is 5.92 Å². The van der Waals surface area contributed by atoms with Crippen LogP contribution in [0.1, 0.15) is 51.5 Å². The zero-order valence-corrected chi connectivity index (χ0v) is 13.1. The van der Waals surface area contributed by atoms with Crippen LogP contribution in [0.15, 0.2) is 24.3 Å². The van der Waals surface area contributed by atoms with Crippen LogP contribution in [0.2, 0.25) is 0 Å². The van der Waals surface area contributed by atoms with Gasteiger partial charge in [-0.15, -0.1) is 0 Å². The van der Waals surface area contributed by atoms with Crippen LogP contribution in [0, 0.1) is 11.7 Å². The van der Waals surface area contributed by atoms with E-state index in [9.17, 15) is 9.18 Å². The molecule has 0 bridgehead atoms. The van der Waals surface area contributed by atoms with Crippen LogP contribution >= 0.6 is 0 Å². The molecule has 0 atom stereocenters. The molecule has 4 heteroatoms. The van der Waals surface area contributed by atoms with Crippen LogP contribution in [0.5, 0.6) is 5.75 Å². The van der Waals surface area contributed by atoms with Crippen molar-refractivity contribution in [1.29, 1.82) is 0 Å². The molecular weight excluding hydrogens is 281 g/mol. The van der Waals surface area contributed by atoms with E-state index in [-0.39, 0.29) is 17.5 Å². The molecule has 3 nitrogen and oxygen atoms in total. The number of rotatable bonds is 2. The maximum atomic E-state index is 13.4. The van der Waals surface area contributed by atoms with E-state index >= 15 is 0 Å². The molecule has 2 aliphatic rings. The number of benzene rings is 1. The van der Waals surface area contributed by atoms with Gasteiger partial charge in [0.25, 0.3) is 0 Å². The third-order valence-corrected chi connectivity index (χ3v) is 4.33. The summed E-state index contributed by atoms with van der Waals surface area (Å²) in [7, 11) is 0. The van der Waals surface area contributed by atoms with E-state index in [0.717, 1.165) is 36.9 Å². The lowest BCUT2D eigenvalue weighted by molar-refractivity contribution is -0.119. The molecule has 1 aliphatic carbocycles. The van der Waals surface area contributed by atoms with Crippen molar-refractivity contribution in [3.8, 4) is 5.75 Å². The lowest BCUT2D eigenvalue weighted by atomic mass is 9.85. The van der Waals surface area contributed by atoms with Gasteiger partial charge < -0.3 is 10.1 Å². The van der Waals surface area contributed by atoms with Crippen LogP contribution in [0.4, 0.5) is 4.39 Å². The van der Waals surface area contributed by atoms with Crippen LogP contribution in [0.25, 0.3) is 5.70 Å². The van der Waals surface area contributed by atoms with Crippen molar-refractivity contribution in [2.45, 2.75) is 51.7 Å². The maximum Gasteiger partial charge on any atom is 0.175 e. The lowest BCUT2D eigenvalue weighted by Gasteiger charge is -2.36. The molecule has 0 unspecified atom stereocenters. The van der Waals surface area contributed by atoms with Gasteiger partial charge in [0.05, 0.1) is 5.70 Å². The van der Waals surface area contributed by atoms with E-state index in [4.69, 9.17) is 4.74 Å². The fourth-order valence-electron chi connectivity index (χ4n) is 3.26. The van der Waals surface area contributed by atoms with E-state index in [1.165, 1.54) is 18.6 Å². The summed E-state index contributed by atoms with van der Waals surface area (Å²) in [5.41, 5.74) is 0.797. The first-order chi connectivity index (χ1) is 10.4. The van der Waals surface area contributed by atoms with Crippen LogP contribution in [-0.2, 0) is 4.79 Å². The second-order valence-corrected chi connectivity index (χ2v) is 6.67. The zero-order valence-electron chi connectivity index (χ0n) is 13.1. The Labute approximate surface area is 130 Å². The molecule has 0 amide bonds. The molecule has 3 rings (SSSR count). The number of ketones is 1. The number of hydrogen-bond acceptors (Lipinski definition) is 3. The lowest BCUT2D eigenvalue weighted by Crippen LogP contribution is -2.46. The first-order valence-corrected chi connectivity index (χ1v) is 7.97. The van der Waals surface area contributed by atoms with Crippen molar-refractivity contribution in [1.82, 2.24) is 5.32 Å². The van der Waals surface area contributed by atoms with Gasteiger partial charge in [0.15, 0.2) is 11.5 Å². The average Bonchev–Trinajstić information content (AvgIpc) is 2.46. The minimum Gasteiger partial charge on any atom is -0.468 e. The number of carbonyl (C=O) groups excluding carboxylic acids is 1. The fourth-order valence-corrected chi connectivity index (χ4v) is 3.26. The monoisotopic (exact) mass is 303 g/mol. The summed E-state index contributed by atoms with van der Waals surface area (Å²) < 4.78 is 19.2. The van der Waals surface area contributed by atoms with Gasteiger partial charge in [-0.3, -0.25) is 4.79 Å². The Morgan fingerprint density at radius 2 is 2.05 bits per heavy atom. The van der Waals surface area contributed by atoms with Crippen molar-refractivity contribution in [3.05, 3.63) is 35.7 Å². The van der Waals surface area contributed by atoms with Gasteiger partial charge >= 0.3 is 0 Å². The number of halogens is 1. The molecule has 0 saturated heterocycles. The summed E-state index contributed by atoms with van der Waals surface area (Å²) in [6.07, 6.45) is 7.10. The predicted molar refractivity (Wildman–Crippen MR) is 83.8 cm³/mol. The van der Waals surface area contributed by atoms with Crippen LogP contribution in [0.3, 0.4) is 0 Å². The first-order valence-electron chi connectivity index (χ1n) is 7.97. The maximum absolute atomic E-state index is 13.4. The number of ether oxygens (including phenoxy) is 1. The molecule has 0 aromatic heterocycles. The topological polar surface area (TPSA) is 38.3 Å². The second kappa shape index (κ2) is 5.75. The highest BCUT2D eigenvalue weighted by molar-refractivity contribution is 5.98.